The summed E-state index contributed by atoms with van der Waals surface area (Å²) >= 11 is 6.92. The molecule has 0 aliphatic heterocycles. The number of nitrogens with two attached hydrogens (primary N) is 1. The molecule has 2 rings (SSSR count). The molecule has 0 aromatic carbocycles. The highest BCUT2D eigenvalue weighted by Crippen LogP contribution is 2.36. The SMILES string of the molecule is NC(c1ncc(Br)cc1Br)C1CCCC1. The summed E-state index contributed by atoms with van der Waals surface area (Å²) in [5, 5.41) is 0. The van der Waals surface area contributed by atoms with Gasteiger partial charge in [0.1, 0.15) is 0 Å². The minimum atomic E-state index is 0.0787. The number of aromatic nitrogens is 1. The van der Waals surface area contributed by atoms with Gasteiger partial charge in [-0.1, -0.05) is 12.8 Å². The van der Waals surface area contributed by atoms with Crippen molar-refractivity contribution < 1.29 is 0 Å². The second kappa shape index (κ2) is 4.93. The van der Waals surface area contributed by atoms with E-state index in [1.807, 2.05) is 12.3 Å². The van der Waals surface area contributed by atoms with Crippen LogP contribution in [0, 0.1) is 5.92 Å². The Labute approximate surface area is 107 Å². The monoisotopic (exact) mass is 332 g/mol. The summed E-state index contributed by atoms with van der Waals surface area (Å²) in [6, 6.07) is 2.09. The quantitative estimate of drug-likeness (QED) is 0.894. The van der Waals surface area contributed by atoms with Crippen LogP contribution in [-0.4, -0.2) is 4.98 Å². The van der Waals surface area contributed by atoms with Crippen LogP contribution in [0.5, 0.6) is 0 Å². The van der Waals surface area contributed by atoms with Crippen LogP contribution in [0.2, 0.25) is 0 Å². The van der Waals surface area contributed by atoms with Crippen LogP contribution in [-0.2, 0) is 0 Å². The molecule has 1 aliphatic rings. The van der Waals surface area contributed by atoms with E-state index in [0.717, 1.165) is 14.6 Å². The predicted molar refractivity (Wildman–Crippen MR) is 68.5 cm³/mol. The topological polar surface area (TPSA) is 38.9 Å². The fourth-order valence-electron chi connectivity index (χ4n) is 2.21. The number of hydrogen-bond donors (Lipinski definition) is 1. The van der Waals surface area contributed by atoms with Gasteiger partial charge in [-0.25, -0.2) is 0 Å². The predicted octanol–water partition coefficient (Wildman–Crippen LogP) is 3.80. The van der Waals surface area contributed by atoms with E-state index in [-0.39, 0.29) is 6.04 Å². The van der Waals surface area contributed by atoms with Crippen LogP contribution >= 0.6 is 31.9 Å². The van der Waals surface area contributed by atoms with Crippen molar-refractivity contribution in [1.29, 1.82) is 0 Å². The Morgan fingerprint density at radius 1 is 1.33 bits per heavy atom. The Kier molecular flexibility index (Phi) is 3.80. The first-order valence-electron chi connectivity index (χ1n) is 5.25. The molecule has 0 spiro atoms. The number of nitrogens with zero attached hydrogens (tertiary/aromatic N) is 1. The third-order valence-corrected chi connectivity index (χ3v) is 4.13. The van der Waals surface area contributed by atoms with Gasteiger partial charge in [0.2, 0.25) is 0 Å². The van der Waals surface area contributed by atoms with Crippen molar-refractivity contribution in [2.24, 2.45) is 11.7 Å². The Morgan fingerprint density at radius 3 is 2.60 bits per heavy atom. The highest BCUT2D eigenvalue weighted by atomic mass is 79.9. The molecule has 0 saturated heterocycles. The Morgan fingerprint density at radius 2 is 2.00 bits per heavy atom. The van der Waals surface area contributed by atoms with Gasteiger partial charge < -0.3 is 5.73 Å². The number of halogens is 2. The van der Waals surface area contributed by atoms with Crippen molar-refractivity contribution in [1.82, 2.24) is 4.98 Å². The average Bonchev–Trinajstić information content (AvgIpc) is 2.69. The molecule has 1 heterocycles. The van der Waals surface area contributed by atoms with E-state index >= 15 is 0 Å². The lowest BCUT2D eigenvalue weighted by molar-refractivity contribution is 0.435. The summed E-state index contributed by atoms with van der Waals surface area (Å²) in [5.74, 6) is 0.606. The van der Waals surface area contributed by atoms with Gasteiger partial charge in [0.25, 0.3) is 0 Å². The van der Waals surface area contributed by atoms with Crippen LogP contribution < -0.4 is 5.73 Å². The summed E-state index contributed by atoms with van der Waals surface area (Å²) in [6.07, 6.45) is 6.92. The smallest absolute Gasteiger partial charge is 0.0716 e. The molecule has 1 aliphatic carbocycles. The lowest BCUT2D eigenvalue weighted by Gasteiger charge is -2.19. The van der Waals surface area contributed by atoms with E-state index in [9.17, 15) is 0 Å². The van der Waals surface area contributed by atoms with Gasteiger partial charge in [-0.2, -0.15) is 0 Å². The third-order valence-electron chi connectivity index (χ3n) is 3.06. The maximum atomic E-state index is 6.24. The average molecular weight is 334 g/mol. The third kappa shape index (κ3) is 2.60. The molecule has 0 amide bonds. The van der Waals surface area contributed by atoms with Crippen LogP contribution in [0.4, 0.5) is 0 Å². The molecule has 0 bridgehead atoms. The molecule has 15 heavy (non-hydrogen) atoms. The van der Waals surface area contributed by atoms with E-state index in [2.05, 4.69) is 36.8 Å². The molecule has 1 unspecified atom stereocenters. The van der Waals surface area contributed by atoms with Crippen molar-refractivity contribution >= 4 is 31.9 Å². The highest BCUT2D eigenvalue weighted by Gasteiger charge is 2.25. The molecule has 1 fully saturated rings. The van der Waals surface area contributed by atoms with E-state index in [1.165, 1.54) is 25.7 Å². The standard InChI is InChI=1S/C11H14Br2N2/c12-8-5-9(13)11(15-6-8)10(14)7-3-1-2-4-7/h5-7,10H,1-4,14H2. The normalized spacial score (nSPS) is 19.4. The van der Waals surface area contributed by atoms with Crippen LogP contribution in [0.25, 0.3) is 0 Å². The number of hydrogen-bond acceptors (Lipinski definition) is 2. The van der Waals surface area contributed by atoms with Crippen molar-refractivity contribution in [3.63, 3.8) is 0 Å². The summed E-state index contributed by atoms with van der Waals surface area (Å²) in [5.41, 5.74) is 7.23. The van der Waals surface area contributed by atoms with Crippen molar-refractivity contribution in [2.45, 2.75) is 31.7 Å². The second-order valence-electron chi connectivity index (χ2n) is 4.09. The Hall–Kier alpha value is 0.0700. The van der Waals surface area contributed by atoms with E-state index < -0.39 is 0 Å². The van der Waals surface area contributed by atoms with Crippen molar-refractivity contribution in [2.75, 3.05) is 0 Å². The van der Waals surface area contributed by atoms with Crippen molar-refractivity contribution in [3.05, 3.63) is 26.9 Å². The number of rotatable bonds is 2. The summed E-state index contributed by atoms with van der Waals surface area (Å²) in [4.78, 5) is 4.40. The van der Waals surface area contributed by atoms with E-state index in [4.69, 9.17) is 5.73 Å². The lowest BCUT2D eigenvalue weighted by atomic mass is 9.96. The zero-order valence-electron chi connectivity index (χ0n) is 8.42. The Balaban J connectivity index is 2.20. The Bertz CT molecular complexity index is 348. The van der Waals surface area contributed by atoms with Gasteiger partial charge in [-0.15, -0.1) is 0 Å². The van der Waals surface area contributed by atoms with Gasteiger partial charge in [0.05, 0.1) is 11.7 Å². The van der Waals surface area contributed by atoms with Gasteiger partial charge >= 0.3 is 0 Å². The first-order valence-corrected chi connectivity index (χ1v) is 6.83. The van der Waals surface area contributed by atoms with Crippen molar-refractivity contribution in [3.8, 4) is 0 Å². The molecule has 1 aromatic heterocycles. The largest absolute Gasteiger partial charge is 0.322 e. The molecule has 2 N–H and O–H groups in total. The maximum absolute atomic E-state index is 6.24. The first kappa shape index (κ1) is 11.6. The zero-order chi connectivity index (χ0) is 10.8. The van der Waals surface area contributed by atoms with Gasteiger partial charge in [-0.3, -0.25) is 4.98 Å². The van der Waals surface area contributed by atoms with Crippen LogP contribution in [0.1, 0.15) is 37.4 Å². The fourth-order valence-corrected chi connectivity index (χ4v) is 3.46. The zero-order valence-corrected chi connectivity index (χ0v) is 11.6. The van der Waals surface area contributed by atoms with Crippen LogP contribution in [0.15, 0.2) is 21.2 Å². The molecule has 0 radical (unpaired) electrons. The van der Waals surface area contributed by atoms with E-state index in [1.54, 1.807) is 0 Å². The van der Waals surface area contributed by atoms with Gasteiger partial charge in [0, 0.05) is 15.1 Å². The molecular weight excluding hydrogens is 320 g/mol. The molecule has 1 atom stereocenters. The number of pyridine rings is 1. The molecule has 1 saturated carbocycles. The summed E-state index contributed by atoms with van der Waals surface area (Å²) in [7, 11) is 0. The molecule has 4 heteroatoms. The fraction of sp³-hybridized carbons (Fsp3) is 0.545. The summed E-state index contributed by atoms with van der Waals surface area (Å²) < 4.78 is 1.99. The second-order valence-corrected chi connectivity index (χ2v) is 5.86. The highest BCUT2D eigenvalue weighted by molar-refractivity contribution is 9.11. The molecule has 82 valence electrons. The minimum absolute atomic E-state index is 0.0787. The first-order chi connectivity index (χ1) is 7.18. The molecule has 1 aromatic rings. The maximum Gasteiger partial charge on any atom is 0.0716 e. The molecule has 2 nitrogen and oxygen atoms in total. The molecular formula is C11H14Br2N2. The van der Waals surface area contributed by atoms with Crippen LogP contribution in [0.3, 0.4) is 0 Å². The van der Waals surface area contributed by atoms with Gasteiger partial charge in [0.15, 0.2) is 0 Å². The summed E-state index contributed by atoms with van der Waals surface area (Å²) in [6.45, 7) is 0. The lowest BCUT2D eigenvalue weighted by Crippen LogP contribution is -2.20. The van der Waals surface area contributed by atoms with Gasteiger partial charge in [-0.05, 0) is 56.7 Å². The van der Waals surface area contributed by atoms with E-state index in [0.29, 0.717) is 5.92 Å². The minimum Gasteiger partial charge on any atom is -0.322 e.